The molecule has 0 aliphatic heterocycles. The number of nitrogens with zero attached hydrogens (tertiary/aromatic N) is 6. The number of ketones is 2. The fourth-order valence-electron chi connectivity index (χ4n) is 6.44. The number of carbonyl (C=O) groups excluding carboxylic acids is 2. The lowest BCUT2D eigenvalue weighted by atomic mass is 9.75. The molecule has 2 heterocycles. The summed E-state index contributed by atoms with van der Waals surface area (Å²) in [6.07, 6.45) is 8.18. The van der Waals surface area contributed by atoms with Crippen LogP contribution in [0, 0.1) is 25.7 Å². The fourth-order valence-corrected chi connectivity index (χ4v) is 6.44. The lowest BCUT2D eigenvalue weighted by Crippen LogP contribution is -2.21. The zero-order valence-electron chi connectivity index (χ0n) is 27.1. The maximum atomic E-state index is 13.6. The summed E-state index contributed by atoms with van der Waals surface area (Å²) in [6.45, 7) is 10.8. The van der Waals surface area contributed by atoms with Crippen molar-refractivity contribution in [3.8, 4) is 22.6 Å². The number of nitrogens with one attached hydrogen (secondary N) is 2. The van der Waals surface area contributed by atoms with Crippen LogP contribution in [0.2, 0.25) is 0 Å². The normalized spacial score (nSPS) is 16.4. The first-order chi connectivity index (χ1) is 22.8. The molecule has 14 nitrogen and oxygen atoms in total. The number of benzene rings is 2. The highest BCUT2D eigenvalue weighted by molar-refractivity contribution is 6.35. The molecule has 2 aliphatic carbocycles. The molecule has 0 fully saturated rings. The number of fused-ring (bicyclic) bond motifs is 2. The van der Waals surface area contributed by atoms with Gasteiger partial charge in [0.05, 0.1) is 11.1 Å². The third kappa shape index (κ3) is 4.98. The Balaban J connectivity index is 1.64. The molecule has 2 aliphatic rings. The van der Waals surface area contributed by atoms with Crippen molar-refractivity contribution in [1.29, 1.82) is 0 Å². The number of rotatable bonds is 7. The van der Waals surface area contributed by atoms with Gasteiger partial charge in [0, 0.05) is 45.8 Å². The molecular formula is C34H34N8O6. The summed E-state index contributed by atoms with van der Waals surface area (Å²) in [5.74, 6) is -3.47. The Labute approximate surface area is 275 Å². The highest BCUT2D eigenvalue weighted by atomic mass is 16.3. The van der Waals surface area contributed by atoms with E-state index in [1.807, 2.05) is 27.7 Å². The van der Waals surface area contributed by atoms with E-state index >= 15 is 0 Å². The third-order valence-corrected chi connectivity index (χ3v) is 8.50. The molecule has 2 aromatic carbocycles. The van der Waals surface area contributed by atoms with E-state index in [9.17, 15) is 30.0 Å². The first-order valence-corrected chi connectivity index (χ1v) is 15.2. The molecule has 0 saturated heterocycles. The molecule has 0 amide bonds. The van der Waals surface area contributed by atoms with Crippen LogP contribution in [0.3, 0.4) is 0 Å². The van der Waals surface area contributed by atoms with Crippen LogP contribution < -0.4 is 10.9 Å². The average Bonchev–Trinajstić information content (AvgIpc) is 3.74. The minimum atomic E-state index is -0.707. The first-order valence-electron chi connectivity index (χ1n) is 15.2. The molecule has 48 heavy (non-hydrogen) atoms. The molecule has 6 N–H and O–H groups in total. The predicted octanol–water partition coefficient (Wildman–Crippen LogP) is 4.75. The van der Waals surface area contributed by atoms with Crippen LogP contribution in [0.15, 0.2) is 61.4 Å². The summed E-state index contributed by atoms with van der Waals surface area (Å²) < 4.78 is 2.77. The fraction of sp³-hybridized carbons (Fsp3) is 0.235. The predicted molar refractivity (Wildman–Crippen MR) is 178 cm³/mol. The average molecular weight is 651 g/mol. The summed E-state index contributed by atoms with van der Waals surface area (Å²) in [5, 5.41) is 61.4. The summed E-state index contributed by atoms with van der Waals surface area (Å²) in [6, 6.07) is 3.52. The van der Waals surface area contributed by atoms with Gasteiger partial charge in [-0.25, -0.2) is 9.35 Å². The van der Waals surface area contributed by atoms with Crippen LogP contribution in [0.1, 0.15) is 61.1 Å². The Morgan fingerprint density at radius 3 is 1.25 bits per heavy atom. The smallest absolute Gasteiger partial charge is 0.229 e. The number of aliphatic hydroxyl groups is 2. The van der Waals surface area contributed by atoms with Crippen molar-refractivity contribution in [3.05, 3.63) is 94.7 Å². The number of hydrogen-bond donors (Lipinski definition) is 6. The van der Waals surface area contributed by atoms with Gasteiger partial charge in [-0.2, -0.15) is 0 Å². The highest BCUT2D eigenvalue weighted by Gasteiger charge is 2.38. The zero-order chi connectivity index (χ0) is 34.6. The number of hydrogen-bond acceptors (Lipinski definition) is 12. The van der Waals surface area contributed by atoms with Crippen molar-refractivity contribution in [3.63, 3.8) is 0 Å². The van der Waals surface area contributed by atoms with Crippen molar-refractivity contribution in [2.24, 2.45) is 11.8 Å². The highest BCUT2D eigenvalue weighted by Crippen LogP contribution is 2.53. The quantitative estimate of drug-likeness (QED) is 0.150. The molecule has 0 atom stereocenters. The van der Waals surface area contributed by atoms with Crippen LogP contribution >= 0.6 is 0 Å². The van der Waals surface area contributed by atoms with Crippen molar-refractivity contribution in [2.45, 2.75) is 41.5 Å². The van der Waals surface area contributed by atoms with Crippen molar-refractivity contribution in [2.75, 3.05) is 10.9 Å². The Bertz CT molecular complexity index is 1970. The molecule has 14 heteroatoms. The monoisotopic (exact) mass is 650 g/mol. The topological polar surface area (TPSA) is 201 Å². The van der Waals surface area contributed by atoms with E-state index in [1.165, 1.54) is 47.1 Å². The van der Waals surface area contributed by atoms with E-state index in [0.29, 0.717) is 33.4 Å². The largest absolute Gasteiger partial charge is 0.507 e. The Morgan fingerprint density at radius 2 is 0.938 bits per heavy atom. The number of aromatic hydroxyl groups is 2. The maximum Gasteiger partial charge on any atom is 0.229 e. The standard InChI is InChI=1S/C34H34N8O6/c1-15(2)23-19-7-17(5)25(31(45)27(19)21(29(43)33(23)47)9-39-41-11-35-36-12-41)26-18(6)8-20-24(16(3)4)34(48)30(44)22(28(20)32(26)46)10-40-42-13-37-38-14-42/h7-16,39-40,45-48H,1-6H3/b21-9-,22-10-. The molecule has 4 aromatic rings. The van der Waals surface area contributed by atoms with E-state index in [0.717, 1.165) is 0 Å². The number of aliphatic hydroxyl groups excluding tert-OH is 2. The number of phenolic OH excluding ortho intramolecular Hbond substituents is 2. The molecule has 0 saturated carbocycles. The van der Waals surface area contributed by atoms with E-state index in [2.05, 4.69) is 31.2 Å². The number of Topliss-reactive ketones (excluding diaryl/α,β-unsaturated/α-hetero) is 2. The lowest BCUT2D eigenvalue weighted by Gasteiger charge is -2.29. The molecule has 246 valence electrons. The molecule has 0 radical (unpaired) electrons. The van der Waals surface area contributed by atoms with Gasteiger partial charge in [0.2, 0.25) is 11.6 Å². The second-order valence-electron chi connectivity index (χ2n) is 12.3. The van der Waals surface area contributed by atoms with Gasteiger partial charge >= 0.3 is 0 Å². The summed E-state index contributed by atoms with van der Waals surface area (Å²) in [7, 11) is 0. The van der Waals surface area contributed by atoms with Crippen molar-refractivity contribution < 1.29 is 30.0 Å². The number of carbonyl (C=O) groups is 2. The SMILES string of the molecule is Cc1cc2c(c(O)c1-c1c(C)cc3c(c1O)/C(=C/Nn1cnnc1)C(=O)C(O)=C3C(C)C)/C(=C/Nn1cnnc1)C(=O)C(O)=C2C(C)C. The van der Waals surface area contributed by atoms with Gasteiger partial charge in [-0.15, -0.1) is 20.4 Å². The summed E-state index contributed by atoms with van der Waals surface area (Å²) in [5.41, 5.74) is 9.16. The Hall–Kier alpha value is -6.18. The second-order valence-corrected chi connectivity index (χ2v) is 12.3. The third-order valence-electron chi connectivity index (χ3n) is 8.50. The molecule has 0 unspecified atom stereocenters. The Kier molecular flexibility index (Phi) is 7.87. The van der Waals surface area contributed by atoms with Gasteiger partial charge in [0.1, 0.15) is 36.8 Å². The minimum absolute atomic E-state index is 0.0293. The number of aryl methyl sites for hydroxylation is 2. The molecular weight excluding hydrogens is 616 g/mol. The van der Waals surface area contributed by atoms with Crippen LogP contribution in [0.25, 0.3) is 33.4 Å². The van der Waals surface area contributed by atoms with Gasteiger partial charge in [-0.3, -0.25) is 20.4 Å². The number of allylic oxidation sites excluding steroid dienone is 4. The van der Waals surface area contributed by atoms with Gasteiger partial charge in [-0.05, 0) is 47.9 Å². The van der Waals surface area contributed by atoms with Crippen LogP contribution in [0.4, 0.5) is 0 Å². The summed E-state index contributed by atoms with van der Waals surface area (Å²) in [4.78, 5) is 27.3. The van der Waals surface area contributed by atoms with Gasteiger partial charge in [-0.1, -0.05) is 39.8 Å². The molecule has 0 spiro atoms. The minimum Gasteiger partial charge on any atom is -0.507 e. The number of phenols is 2. The van der Waals surface area contributed by atoms with Gasteiger partial charge in [0.15, 0.2) is 11.5 Å². The first kappa shape index (κ1) is 31.8. The summed E-state index contributed by atoms with van der Waals surface area (Å²) >= 11 is 0. The van der Waals surface area contributed by atoms with E-state index in [4.69, 9.17) is 0 Å². The second kappa shape index (κ2) is 11.9. The van der Waals surface area contributed by atoms with Crippen molar-refractivity contribution >= 4 is 33.9 Å². The van der Waals surface area contributed by atoms with E-state index < -0.39 is 23.1 Å². The lowest BCUT2D eigenvalue weighted by molar-refractivity contribution is -0.113. The van der Waals surface area contributed by atoms with E-state index in [1.54, 1.807) is 26.0 Å². The van der Waals surface area contributed by atoms with Crippen LogP contribution in [0.5, 0.6) is 11.5 Å². The van der Waals surface area contributed by atoms with E-state index in [-0.39, 0.29) is 56.7 Å². The zero-order valence-corrected chi connectivity index (χ0v) is 27.1. The van der Waals surface area contributed by atoms with Gasteiger partial charge < -0.3 is 20.4 Å². The van der Waals surface area contributed by atoms with Crippen LogP contribution in [-0.2, 0) is 9.59 Å². The molecule has 2 aromatic heterocycles. The van der Waals surface area contributed by atoms with Crippen LogP contribution in [-0.4, -0.2) is 61.7 Å². The molecule has 6 rings (SSSR count). The van der Waals surface area contributed by atoms with Crippen molar-refractivity contribution in [1.82, 2.24) is 29.7 Å². The Morgan fingerprint density at radius 1 is 0.604 bits per heavy atom. The molecule has 0 bridgehead atoms. The maximum absolute atomic E-state index is 13.6. The number of aromatic nitrogens is 6. The van der Waals surface area contributed by atoms with Gasteiger partial charge in [0.25, 0.3) is 0 Å².